The van der Waals surface area contributed by atoms with Crippen LogP contribution in [0.15, 0.2) is 42.6 Å². The van der Waals surface area contributed by atoms with Crippen LogP contribution in [0.25, 0.3) is 22.3 Å². The SMILES string of the molecule is CCn1ncc2c(C(=O)NS(=O)(=O)CC3CCCCC3(F)F)cc(-c3ccccc3)nc21. The van der Waals surface area contributed by atoms with Gasteiger partial charge >= 0.3 is 0 Å². The van der Waals surface area contributed by atoms with E-state index in [1.54, 1.807) is 4.68 Å². The summed E-state index contributed by atoms with van der Waals surface area (Å²) in [6.07, 6.45) is 2.16. The van der Waals surface area contributed by atoms with Crippen LogP contribution in [0, 0.1) is 5.92 Å². The quantitative estimate of drug-likeness (QED) is 0.598. The molecule has 0 bridgehead atoms. The average Bonchev–Trinajstić information content (AvgIpc) is 3.17. The maximum absolute atomic E-state index is 14.2. The molecule has 32 heavy (non-hydrogen) atoms. The highest BCUT2D eigenvalue weighted by Crippen LogP contribution is 2.39. The summed E-state index contributed by atoms with van der Waals surface area (Å²) in [4.78, 5) is 17.6. The Bertz CT molecular complexity index is 1240. The van der Waals surface area contributed by atoms with Crippen molar-refractivity contribution in [2.45, 2.75) is 45.1 Å². The van der Waals surface area contributed by atoms with E-state index in [0.717, 1.165) is 5.56 Å². The first-order valence-electron chi connectivity index (χ1n) is 10.5. The molecule has 0 aliphatic heterocycles. The van der Waals surface area contributed by atoms with Crippen molar-refractivity contribution in [1.82, 2.24) is 19.5 Å². The molecule has 1 amide bonds. The zero-order valence-corrected chi connectivity index (χ0v) is 18.4. The van der Waals surface area contributed by atoms with E-state index in [-0.39, 0.29) is 18.4 Å². The number of fused-ring (bicyclic) bond motifs is 1. The molecule has 170 valence electrons. The van der Waals surface area contributed by atoms with E-state index >= 15 is 0 Å². The van der Waals surface area contributed by atoms with Crippen LogP contribution in [0.4, 0.5) is 8.78 Å². The second-order valence-corrected chi connectivity index (χ2v) is 9.80. The van der Waals surface area contributed by atoms with Crippen LogP contribution in [0.3, 0.4) is 0 Å². The number of alkyl halides is 2. The van der Waals surface area contributed by atoms with Gasteiger partial charge in [0.15, 0.2) is 5.65 Å². The number of nitrogens with zero attached hydrogens (tertiary/aromatic N) is 3. The fourth-order valence-electron chi connectivity index (χ4n) is 4.10. The molecule has 1 atom stereocenters. The largest absolute Gasteiger partial charge is 0.268 e. The normalized spacial score (nSPS) is 18.5. The van der Waals surface area contributed by atoms with E-state index in [4.69, 9.17) is 0 Å². The van der Waals surface area contributed by atoms with Gasteiger partial charge in [0.2, 0.25) is 10.0 Å². The molecule has 2 aromatic heterocycles. The van der Waals surface area contributed by atoms with Crippen molar-refractivity contribution >= 4 is 27.0 Å². The highest BCUT2D eigenvalue weighted by molar-refractivity contribution is 7.90. The predicted molar refractivity (Wildman–Crippen MR) is 117 cm³/mol. The maximum Gasteiger partial charge on any atom is 0.265 e. The molecule has 1 N–H and O–H groups in total. The number of sulfonamides is 1. The standard InChI is InChI=1S/C22H24F2N4O3S/c1-2-28-20-18(13-25-28)17(12-19(26-20)15-8-4-3-5-9-15)21(29)27-32(30,31)14-16-10-6-7-11-22(16,23)24/h3-5,8-9,12-13,16H,2,6-7,10-11,14H2,1H3,(H,27,29). The molecule has 10 heteroatoms. The lowest BCUT2D eigenvalue weighted by molar-refractivity contribution is -0.0771. The van der Waals surface area contributed by atoms with Crippen molar-refractivity contribution in [3.05, 3.63) is 48.2 Å². The third-order valence-electron chi connectivity index (χ3n) is 5.80. The van der Waals surface area contributed by atoms with E-state index in [1.165, 1.54) is 12.3 Å². The second kappa shape index (κ2) is 8.57. The summed E-state index contributed by atoms with van der Waals surface area (Å²) in [6.45, 7) is 2.38. The summed E-state index contributed by atoms with van der Waals surface area (Å²) in [7, 11) is -4.27. The van der Waals surface area contributed by atoms with Gasteiger partial charge in [-0.3, -0.25) is 4.79 Å². The van der Waals surface area contributed by atoms with E-state index in [0.29, 0.717) is 36.1 Å². The van der Waals surface area contributed by atoms with Gasteiger partial charge in [0.05, 0.1) is 28.6 Å². The molecule has 1 saturated carbocycles. The van der Waals surface area contributed by atoms with Crippen LogP contribution in [-0.2, 0) is 16.6 Å². The van der Waals surface area contributed by atoms with Gasteiger partial charge in [0, 0.05) is 24.4 Å². The van der Waals surface area contributed by atoms with Gasteiger partial charge in [-0.05, 0) is 25.8 Å². The molecular formula is C22H24F2N4O3S. The molecule has 1 fully saturated rings. The smallest absolute Gasteiger partial charge is 0.265 e. The number of carbonyl (C=O) groups is 1. The molecular weight excluding hydrogens is 438 g/mol. The molecule has 0 saturated heterocycles. The summed E-state index contributed by atoms with van der Waals surface area (Å²) in [5.74, 6) is -6.03. The van der Waals surface area contributed by atoms with Gasteiger partial charge < -0.3 is 0 Å². The lowest BCUT2D eigenvalue weighted by Gasteiger charge is -2.30. The second-order valence-electron chi connectivity index (χ2n) is 8.04. The van der Waals surface area contributed by atoms with Gasteiger partial charge in [-0.15, -0.1) is 0 Å². The van der Waals surface area contributed by atoms with Crippen LogP contribution in [0.5, 0.6) is 0 Å². The maximum atomic E-state index is 14.2. The van der Waals surface area contributed by atoms with Gasteiger partial charge in [0.1, 0.15) is 0 Å². The Kier molecular flexibility index (Phi) is 5.98. The Labute approximate surface area is 184 Å². The van der Waals surface area contributed by atoms with Gasteiger partial charge in [-0.1, -0.05) is 36.8 Å². The summed E-state index contributed by atoms with van der Waals surface area (Å²) in [6, 6.07) is 10.6. The van der Waals surface area contributed by atoms with Crippen molar-refractivity contribution in [2.75, 3.05) is 5.75 Å². The first-order chi connectivity index (χ1) is 15.2. The number of hydrogen-bond acceptors (Lipinski definition) is 5. The zero-order valence-electron chi connectivity index (χ0n) is 17.6. The van der Waals surface area contributed by atoms with Crippen molar-refractivity contribution in [3.63, 3.8) is 0 Å². The number of carbonyl (C=O) groups excluding carboxylic acids is 1. The minimum Gasteiger partial charge on any atom is -0.268 e. The monoisotopic (exact) mass is 462 g/mol. The molecule has 0 spiro atoms. The first-order valence-corrected chi connectivity index (χ1v) is 12.2. The van der Waals surface area contributed by atoms with Gasteiger partial charge in [-0.2, -0.15) is 5.10 Å². The van der Waals surface area contributed by atoms with Crippen molar-refractivity contribution in [1.29, 1.82) is 0 Å². The number of halogens is 2. The van der Waals surface area contributed by atoms with Crippen LogP contribution in [-0.4, -0.2) is 40.8 Å². The molecule has 4 rings (SSSR count). The number of benzene rings is 1. The summed E-state index contributed by atoms with van der Waals surface area (Å²) in [5.41, 5.74) is 1.74. The molecule has 3 aromatic rings. The Morgan fingerprint density at radius 2 is 2.00 bits per heavy atom. The minimum absolute atomic E-state index is 0.0764. The third kappa shape index (κ3) is 4.50. The fraction of sp³-hybridized carbons (Fsp3) is 0.409. The van der Waals surface area contributed by atoms with Gasteiger partial charge in [-0.25, -0.2) is 31.6 Å². The van der Waals surface area contributed by atoms with Crippen molar-refractivity contribution in [2.24, 2.45) is 5.92 Å². The van der Waals surface area contributed by atoms with Crippen LogP contribution in [0.2, 0.25) is 0 Å². The Balaban J connectivity index is 1.67. The molecule has 0 radical (unpaired) electrons. The summed E-state index contributed by atoms with van der Waals surface area (Å²) in [5, 5.41) is 4.62. The summed E-state index contributed by atoms with van der Waals surface area (Å²) >= 11 is 0. The highest BCUT2D eigenvalue weighted by atomic mass is 32.2. The average molecular weight is 463 g/mol. The number of aryl methyl sites for hydroxylation is 1. The zero-order chi connectivity index (χ0) is 22.9. The number of amides is 1. The molecule has 1 unspecified atom stereocenters. The minimum atomic E-state index is -4.27. The van der Waals surface area contributed by atoms with Crippen molar-refractivity contribution in [3.8, 4) is 11.3 Å². The lowest BCUT2D eigenvalue weighted by Crippen LogP contribution is -2.41. The molecule has 1 aliphatic rings. The number of nitrogens with one attached hydrogen (secondary N) is 1. The number of aromatic nitrogens is 3. The number of rotatable bonds is 6. The number of pyridine rings is 1. The Morgan fingerprint density at radius 3 is 2.69 bits per heavy atom. The summed E-state index contributed by atoms with van der Waals surface area (Å²) < 4.78 is 57.1. The molecule has 2 heterocycles. The van der Waals surface area contributed by atoms with E-state index in [2.05, 4.69) is 10.1 Å². The van der Waals surface area contributed by atoms with E-state index in [1.807, 2.05) is 42.0 Å². The molecule has 1 aromatic carbocycles. The topological polar surface area (TPSA) is 94.0 Å². The van der Waals surface area contributed by atoms with E-state index < -0.39 is 33.5 Å². The lowest BCUT2D eigenvalue weighted by atomic mass is 9.87. The highest BCUT2D eigenvalue weighted by Gasteiger charge is 2.43. The van der Waals surface area contributed by atoms with Gasteiger partial charge in [0.25, 0.3) is 11.8 Å². The van der Waals surface area contributed by atoms with Crippen LogP contribution < -0.4 is 4.72 Å². The fourth-order valence-corrected chi connectivity index (χ4v) is 5.51. The third-order valence-corrected chi connectivity index (χ3v) is 7.14. The number of hydrogen-bond donors (Lipinski definition) is 1. The van der Waals surface area contributed by atoms with E-state index in [9.17, 15) is 22.0 Å². The molecule has 7 nitrogen and oxygen atoms in total. The predicted octanol–water partition coefficient (Wildman–Crippen LogP) is 4.00. The Hall–Kier alpha value is -2.88. The first kappa shape index (κ1) is 22.3. The van der Waals surface area contributed by atoms with Crippen LogP contribution >= 0.6 is 0 Å². The molecule has 1 aliphatic carbocycles. The van der Waals surface area contributed by atoms with Crippen molar-refractivity contribution < 1.29 is 22.0 Å². The van der Waals surface area contributed by atoms with Crippen LogP contribution in [0.1, 0.15) is 43.0 Å². The Morgan fingerprint density at radius 1 is 1.25 bits per heavy atom.